The molecule has 0 bridgehead atoms. The molecule has 0 saturated carbocycles. The van der Waals surface area contributed by atoms with Crippen LogP contribution in [0.3, 0.4) is 0 Å². The van der Waals surface area contributed by atoms with Crippen molar-refractivity contribution in [3.63, 3.8) is 0 Å². The first-order chi connectivity index (χ1) is 13.8. The first kappa shape index (κ1) is 18.3. The molecule has 0 aliphatic carbocycles. The molecule has 0 amide bonds. The number of benzene rings is 1. The molecule has 29 heavy (non-hydrogen) atoms. The van der Waals surface area contributed by atoms with E-state index < -0.39 is 5.60 Å². The van der Waals surface area contributed by atoms with Crippen molar-refractivity contribution in [1.82, 2.24) is 19.3 Å². The number of hydrogen-bond donors (Lipinski definition) is 1. The van der Waals surface area contributed by atoms with Crippen molar-refractivity contribution in [2.24, 2.45) is 0 Å². The standard InChI is InChI=1S/C23H27N5O/c1-23(2,29)17-13-15-9-10-20(27-12-11-16(14-27)26(3)4)25-21(15)28-19-8-6-5-7-18(19)24-22(17)28/h5-10,13,16,29H,11-12,14H2,1-4H3. The Morgan fingerprint density at radius 1 is 1.07 bits per heavy atom. The predicted molar refractivity (Wildman–Crippen MR) is 118 cm³/mol. The zero-order valence-corrected chi connectivity index (χ0v) is 17.4. The molecule has 1 N–H and O–H groups in total. The van der Waals surface area contributed by atoms with E-state index in [0.29, 0.717) is 6.04 Å². The molecule has 1 fully saturated rings. The van der Waals surface area contributed by atoms with Gasteiger partial charge in [-0.2, -0.15) is 0 Å². The first-order valence-electron chi connectivity index (χ1n) is 10.2. The molecule has 1 saturated heterocycles. The van der Waals surface area contributed by atoms with E-state index in [9.17, 15) is 5.11 Å². The van der Waals surface area contributed by atoms with Gasteiger partial charge in [0, 0.05) is 30.1 Å². The Hall–Kier alpha value is -2.70. The monoisotopic (exact) mass is 389 g/mol. The van der Waals surface area contributed by atoms with Gasteiger partial charge in [-0.15, -0.1) is 0 Å². The van der Waals surface area contributed by atoms with Gasteiger partial charge in [0.2, 0.25) is 0 Å². The number of para-hydroxylation sites is 2. The summed E-state index contributed by atoms with van der Waals surface area (Å²) in [4.78, 5) is 14.6. The smallest absolute Gasteiger partial charge is 0.148 e. The summed E-state index contributed by atoms with van der Waals surface area (Å²) in [6.45, 7) is 5.61. The topological polar surface area (TPSA) is 56.9 Å². The van der Waals surface area contributed by atoms with Crippen LogP contribution in [0.15, 0.2) is 42.5 Å². The summed E-state index contributed by atoms with van der Waals surface area (Å²) < 4.78 is 2.10. The van der Waals surface area contributed by atoms with Gasteiger partial charge < -0.3 is 14.9 Å². The highest BCUT2D eigenvalue weighted by molar-refractivity contribution is 5.91. The molecule has 1 unspecified atom stereocenters. The molecule has 0 radical (unpaired) electrons. The van der Waals surface area contributed by atoms with Gasteiger partial charge in [-0.25, -0.2) is 9.97 Å². The number of likely N-dealkylation sites (N-methyl/N-ethyl adjacent to an activating group) is 1. The lowest BCUT2D eigenvalue weighted by molar-refractivity contribution is 0.0798. The van der Waals surface area contributed by atoms with Crippen LogP contribution in [0.4, 0.5) is 5.82 Å². The SMILES string of the molecule is CN(C)C1CCN(c2ccc3cc(C(C)(C)O)c4nc5ccccc5n4c3n2)C1. The van der Waals surface area contributed by atoms with Crippen molar-refractivity contribution in [1.29, 1.82) is 0 Å². The van der Waals surface area contributed by atoms with Crippen molar-refractivity contribution in [2.45, 2.75) is 31.9 Å². The summed E-state index contributed by atoms with van der Waals surface area (Å²) in [6, 6.07) is 14.9. The molecule has 0 spiro atoms. The zero-order valence-electron chi connectivity index (χ0n) is 17.4. The minimum absolute atomic E-state index is 0.555. The highest BCUT2D eigenvalue weighted by atomic mass is 16.3. The zero-order chi connectivity index (χ0) is 20.3. The summed E-state index contributed by atoms with van der Waals surface area (Å²) in [6.07, 6.45) is 1.15. The summed E-state index contributed by atoms with van der Waals surface area (Å²) in [5, 5.41) is 11.8. The molecule has 4 heterocycles. The fourth-order valence-electron chi connectivity index (χ4n) is 4.38. The van der Waals surface area contributed by atoms with Crippen LogP contribution in [0.1, 0.15) is 25.8 Å². The second kappa shape index (κ2) is 6.40. The van der Waals surface area contributed by atoms with Crippen LogP contribution < -0.4 is 4.90 Å². The Morgan fingerprint density at radius 3 is 2.59 bits per heavy atom. The molecular formula is C23H27N5O. The Labute approximate surface area is 170 Å². The van der Waals surface area contributed by atoms with Crippen LogP contribution in [0.5, 0.6) is 0 Å². The quantitative estimate of drug-likeness (QED) is 0.582. The number of pyridine rings is 2. The first-order valence-corrected chi connectivity index (χ1v) is 10.2. The molecule has 150 valence electrons. The fraction of sp³-hybridized carbons (Fsp3) is 0.391. The van der Waals surface area contributed by atoms with Crippen LogP contribution in [-0.2, 0) is 5.60 Å². The number of rotatable bonds is 3. The maximum atomic E-state index is 10.8. The number of aliphatic hydroxyl groups is 1. The molecule has 3 aromatic heterocycles. The fourth-order valence-corrected chi connectivity index (χ4v) is 4.38. The number of nitrogens with zero attached hydrogens (tertiary/aromatic N) is 5. The van der Waals surface area contributed by atoms with E-state index in [1.807, 2.05) is 24.3 Å². The Kier molecular flexibility index (Phi) is 4.05. The van der Waals surface area contributed by atoms with Gasteiger partial charge in [0.1, 0.15) is 17.1 Å². The number of imidazole rings is 1. The molecule has 5 rings (SSSR count). The van der Waals surface area contributed by atoms with E-state index in [1.165, 1.54) is 0 Å². The third-order valence-corrected chi connectivity index (χ3v) is 6.08. The van der Waals surface area contributed by atoms with Gasteiger partial charge >= 0.3 is 0 Å². The van der Waals surface area contributed by atoms with Crippen molar-refractivity contribution >= 4 is 33.5 Å². The van der Waals surface area contributed by atoms with Crippen LogP contribution in [0.25, 0.3) is 27.7 Å². The van der Waals surface area contributed by atoms with Gasteiger partial charge in [-0.3, -0.25) is 4.40 Å². The average Bonchev–Trinajstić information content (AvgIpc) is 3.31. The van der Waals surface area contributed by atoms with E-state index in [4.69, 9.17) is 9.97 Å². The Balaban J connectivity index is 1.76. The molecule has 6 heteroatoms. The van der Waals surface area contributed by atoms with E-state index in [1.54, 1.807) is 13.8 Å². The third kappa shape index (κ3) is 2.94. The van der Waals surface area contributed by atoms with Gasteiger partial charge in [-0.1, -0.05) is 12.1 Å². The second-order valence-electron chi connectivity index (χ2n) is 8.81. The van der Waals surface area contributed by atoms with Crippen LogP contribution in [0.2, 0.25) is 0 Å². The maximum Gasteiger partial charge on any atom is 0.148 e. The largest absolute Gasteiger partial charge is 0.386 e. The van der Waals surface area contributed by atoms with E-state index in [2.05, 4.69) is 46.5 Å². The highest BCUT2D eigenvalue weighted by Crippen LogP contribution is 2.32. The van der Waals surface area contributed by atoms with Gasteiger partial charge in [0.25, 0.3) is 0 Å². The lowest BCUT2D eigenvalue weighted by Crippen LogP contribution is -2.31. The summed E-state index contributed by atoms with van der Waals surface area (Å²) in [5.74, 6) is 0.997. The molecule has 1 aromatic carbocycles. The normalized spacial score (nSPS) is 18.0. The number of aromatic nitrogens is 3. The molecule has 6 nitrogen and oxygen atoms in total. The number of hydrogen-bond acceptors (Lipinski definition) is 5. The van der Waals surface area contributed by atoms with Gasteiger partial charge in [0.05, 0.1) is 16.6 Å². The predicted octanol–water partition coefficient (Wildman–Crippen LogP) is 3.40. The van der Waals surface area contributed by atoms with Crippen molar-refractivity contribution in [3.8, 4) is 0 Å². The number of anilines is 1. The summed E-state index contributed by atoms with van der Waals surface area (Å²) in [7, 11) is 4.28. The molecular weight excluding hydrogens is 362 g/mol. The van der Waals surface area contributed by atoms with Crippen LogP contribution in [-0.4, -0.2) is 57.6 Å². The van der Waals surface area contributed by atoms with Gasteiger partial charge in [0.15, 0.2) is 0 Å². The van der Waals surface area contributed by atoms with E-state index in [0.717, 1.165) is 58.6 Å². The Morgan fingerprint density at radius 2 is 1.86 bits per heavy atom. The third-order valence-electron chi connectivity index (χ3n) is 6.08. The molecule has 1 atom stereocenters. The molecule has 1 aliphatic heterocycles. The van der Waals surface area contributed by atoms with Crippen molar-refractivity contribution < 1.29 is 5.11 Å². The lowest BCUT2D eigenvalue weighted by atomic mass is 9.98. The lowest BCUT2D eigenvalue weighted by Gasteiger charge is -2.22. The van der Waals surface area contributed by atoms with Crippen molar-refractivity contribution in [3.05, 3.63) is 48.0 Å². The number of fused-ring (bicyclic) bond motifs is 5. The summed E-state index contributed by atoms with van der Waals surface area (Å²) >= 11 is 0. The van der Waals surface area contributed by atoms with Crippen LogP contribution >= 0.6 is 0 Å². The van der Waals surface area contributed by atoms with E-state index >= 15 is 0 Å². The minimum Gasteiger partial charge on any atom is -0.386 e. The molecule has 1 aliphatic rings. The maximum absolute atomic E-state index is 10.8. The Bertz CT molecular complexity index is 1220. The summed E-state index contributed by atoms with van der Waals surface area (Å²) in [5.41, 5.74) is 3.38. The highest BCUT2D eigenvalue weighted by Gasteiger charge is 2.27. The average molecular weight is 390 g/mol. The molecule has 4 aromatic rings. The van der Waals surface area contributed by atoms with E-state index in [-0.39, 0.29) is 0 Å². The van der Waals surface area contributed by atoms with Crippen molar-refractivity contribution in [2.75, 3.05) is 32.1 Å². The van der Waals surface area contributed by atoms with Gasteiger partial charge in [-0.05, 0) is 64.7 Å². The second-order valence-corrected chi connectivity index (χ2v) is 8.81. The van der Waals surface area contributed by atoms with Crippen LogP contribution in [0, 0.1) is 0 Å². The minimum atomic E-state index is -0.997.